The summed E-state index contributed by atoms with van der Waals surface area (Å²) in [6.45, 7) is 0.376. The molecule has 1 aliphatic heterocycles. The second-order valence-corrected chi connectivity index (χ2v) is 8.81. The van der Waals surface area contributed by atoms with Crippen LogP contribution in [0.3, 0.4) is 0 Å². The molecule has 1 aliphatic carbocycles. The number of nitrogens with zero attached hydrogens (tertiary/aromatic N) is 1. The van der Waals surface area contributed by atoms with Gasteiger partial charge in [-0.2, -0.15) is 0 Å². The summed E-state index contributed by atoms with van der Waals surface area (Å²) >= 11 is 0. The first kappa shape index (κ1) is 16.7. The maximum absolute atomic E-state index is 12.1. The summed E-state index contributed by atoms with van der Waals surface area (Å²) in [4.78, 5) is 14.2. The highest BCUT2D eigenvalue weighted by molar-refractivity contribution is 7.91. The lowest BCUT2D eigenvalue weighted by Gasteiger charge is -2.29. The Morgan fingerprint density at radius 3 is 2.29 bits per heavy atom. The van der Waals surface area contributed by atoms with Crippen molar-refractivity contribution < 1.29 is 13.2 Å². The van der Waals surface area contributed by atoms with Gasteiger partial charge in [0, 0.05) is 12.1 Å². The lowest BCUT2D eigenvalue weighted by atomic mass is 9.96. The molecule has 1 amide bonds. The molecule has 2 aliphatic rings. The zero-order valence-corrected chi connectivity index (χ0v) is 13.8. The minimum Gasteiger partial charge on any atom is -0.351 e. The fourth-order valence-electron chi connectivity index (χ4n) is 3.41. The van der Waals surface area contributed by atoms with Crippen LogP contribution in [0.2, 0.25) is 0 Å². The van der Waals surface area contributed by atoms with Gasteiger partial charge in [0.05, 0.1) is 18.1 Å². The monoisotopic (exact) mass is 316 g/mol. The molecule has 5 nitrogen and oxygen atoms in total. The van der Waals surface area contributed by atoms with E-state index in [0.717, 1.165) is 0 Å². The highest BCUT2D eigenvalue weighted by Gasteiger charge is 2.29. The van der Waals surface area contributed by atoms with Crippen molar-refractivity contribution in [1.29, 1.82) is 0 Å². The fourth-order valence-corrected chi connectivity index (χ4v) is 5.09. The Balaban J connectivity index is 1.75. The molecule has 2 fully saturated rings. The number of carbonyl (C=O) groups is 1. The van der Waals surface area contributed by atoms with Gasteiger partial charge in [-0.25, -0.2) is 8.42 Å². The topological polar surface area (TPSA) is 66.5 Å². The minimum absolute atomic E-state index is 0.0401. The Morgan fingerprint density at radius 2 is 1.71 bits per heavy atom. The van der Waals surface area contributed by atoms with Gasteiger partial charge >= 0.3 is 0 Å². The molecule has 0 radical (unpaired) electrons. The summed E-state index contributed by atoms with van der Waals surface area (Å²) in [7, 11) is -0.916. The molecule has 1 saturated carbocycles. The number of hydrogen-bond acceptors (Lipinski definition) is 4. The molecule has 122 valence electrons. The van der Waals surface area contributed by atoms with Gasteiger partial charge in [0.25, 0.3) is 0 Å². The molecular formula is C15H28N2O3S. The van der Waals surface area contributed by atoms with Gasteiger partial charge in [-0.1, -0.05) is 32.1 Å². The standard InChI is InChI=1S/C15H28N2O3S/c1-17(14-7-5-3-2-4-6-8-14)11-15(18)16-13-9-10-21(19,20)12-13/h13-14H,2-12H2,1H3,(H,16,18). The summed E-state index contributed by atoms with van der Waals surface area (Å²) in [5.41, 5.74) is 0. The number of carbonyl (C=O) groups excluding carboxylic acids is 1. The van der Waals surface area contributed by atoms with Gasteiger partial charge in [0.2, 0.25) is 5.91 Å². The van der Waals surface area contributed by atoms with Gasteiger partial charge in [-0.15, -0.1) is 0 Å². The Hall–Kier alpha value is -0.620. The Bertz CT molecular complexity index is 442. The van der Waals surface area contributed by atoms with Crippen molar-refractivity contribution in [2.24, 2.45) is 0 Å². The Kier molecular flexibility index (Phi) is 6.05. The summed E-state index contributed by atoms with van der Waals surface area (Å²) in [6.07, 6.45) is 9.33. The van der Waals surface area contributed by atoms with Crippen LogP contribution in [0.25, 0.3) is 0 Å². The zero-order valence-electron chi connectivity index (χ0n) is 13.0. The van der Waals surface area contributed by atoms with E-state index in [2.05, 4.69) is 10.2 Å². The number of likely N-dealkylation sites (N-methyl/N-ethyl adjacent to an activating group) is 1. The average Bonchev–Trinajstić information content (AvgIpc) is 2.67. The number of sulfone groups is 1. The van der Waals surface area contributed by atoms with Gasteiger partial charge in [0.15, 0.2) is 9.84 Å². The van der Waals surface area contributed by atoms with Gasteiger partial charge in [-0.3, -0.25) is 9.69 Å². The maximum Gasteiger partial charge on any atom is 0.234 e. The highest BCUT2D eigenvalue weighted by atomic mass is 32.2. The van der Waals surface area contributed by atoms with Crippen LogP contribution in [0, 0.1) is 0 Å². The van der Waals surface area contributed by atoms with Crippen molar-refractivity contribution in [2.75, 3.05) is 25.1 Å². The first-order valence-corrected chi connectivity index (χ1v) is 9.98. The third-order valence-corrected chi connectivity index (χ3v) is 6.46. The summed E-state index contributed by atoms with van der Waals surface area (Å²) in [5.74, 6) is 0.268. The second-order valence-electron chi connectivity index (χ2n) is 6.58. The van der Waals surface area contributed by atoms with E-state index >= 15 is 0 Å². The fraction of sp³-hybridized carbons (Fsp3) is 0.933. The van der Waals surface area contributed by atoms with E-state index in [0.29, 0.717) is 19.0 Å². The first-order valence-electron chi connectivity index (χ1n) is 8.16. The Morgan fingerprint density at radius 1 is 1.10 bits per heavy atom. The lowest BCUT2D eigenvalue weighted by molar-refractivity contribution is -0.123. The molecule has 1 atom stereocenters. The maximum atomic E-state index is 12.1. The first-order chi connectivity index (χ1) is 9.96. The van der Waals surface area contributed by atoms with Crippen molar-refractivity contribution in [2.45, 2.75) is 63.5 Å². The van der Waals surface area contributed by atoms with Crippen molar-refractivity contribution >= 4 is 15.7 Å². The smallest absolute Gasteiger partial charge is 0.234 e. The van der Waals surface area contributed by atoms with Crippen LogP contribution < -0.4 is 5.32 Å². The number of nitrogens with one attached hydrogen (secondary N) is 1. The Labute approximate surface area is 128 Å². The van der Waals surface area contributed by atoms with Crippen molar-refractivity contribution in [3.63, 3.8) is 0 Å². The zero-order chi connectivity index (χ0) is 15.3. The molecule has 1 unspecified atom stereocenters. The van der Waals surface area contributed by atoms with E-state index in [-0.39, 0.29) is 23.5 Å². The summed E-state index contributed by atoms with van der Waals surface area (Å²) < 4.78 is 22.8. The van der Waals surface area contributed by atoms with E-state index in [1.165, 1.54) is 44.9 Å². The quantitative estimate of drug-likeness (QED) is 0.850. The molecule has 1 heterocycles. The largest absolute Gasteiger partial charge is 0.351 e. The predicted molar refractivity (Wildman–Crippen MR) is 83.9 cm³/mol. The van der Waals surface area contributed by atoms with Crippen LogP contribution in [0.4, 0.5) is 0 Å². The van der Waals surface area contributed by atoms with E-state index in [9.17, 15) is 13.2 Å². The molecule has 0 spiro atoms. The van der Waals surface area contributed by atoms with Crippen LogP contribution in [0.15, 0.2) is 0 Å². The SMILES string of the molecule is CN(CC(=O)NC1CCS(=O)(=O)C1)C1CCCCCCC1. The average molecular weight is 316 g/mol. The van der Waals surface area contributed by atoms with E-state index in [4.69, 9.17) is 0 Å². The van der Waals surface area contributed by atoms with Crippen molar-refractivity contribution in [3.05, 3.63) is 0 Å². The van der Waals surface area contributed by atoms with Crippen LogP contribution in [-0.2, 0) is 14.6 Å². The molecule has 0 bridgehead atoms. The van der Waals surface area contributed by atoms with Gasteiger partial charge in [0.1, 0.15) is 0 Å². The predicted octanol–water partition coefficient (Wildman–Crippen LogP) is 1.33. The molecule has 0 aromatic carbocycles. The lowest BCUT2D eigenvalue weighted by Crippen LogP contribution is -2.44. The minimum atomic E-state index is -2.93. The van der Waals surface area contributed by atoms with Crippen molar-refractivity contribution in [1.82, 2.24) is 10.2 Å². The van der Waals surface area contributed by atoms with Gasteiger partial charge in [-0.05, 0) is 26.3 Å². The number of rotatable bonds is 4. The second kappa shape index (κ2) is 7.58. The number of amides is 1. The molecule has 1 saturated heterocycles. The normalized spacial score (nSPS) is 27.2. The third-order valence-electron chi connectivity index (χ3n) is 4.69. The molecule has 0 aromatic rings. The van der Waals surface area contributed by atoms with E-state index in [1.807, 2.05) is 7.05 Å². The molecule has 0 aromatic heterocycles. The van der Waals surface area contributed by atoms with Crippen molar-refractivity contribution in [3.8, 4) is 0 Å². The summed E-state index contributed by atoms with van der Waals surface area (Å²) in [6, 6.07) is 0.302. The van der Waals surface area contributed by atoms with Crippen LogP contribution in [0.5, 0.6) is 0 Å². The van der Waals surface area contributed by atoms with Crippen LogP contribution in [-0.4, -0.2) is 56.4 Å². The molecular weight excluding hydrogens is 288 g/mol. The van der Waals surface area contributed by atoms with E-state index in [1.54, 1.807) is 0 Å². The summed E-state index contributed by atoms with van der Waals surface area (Å²) in [5, 5.41) is 2.87. The molecule has 6 heteroatoms. The third kappa shape index (κ3) is 5.58. The van der Waals surface area contributed by atoms with Crippen LogP contribution >= 0.6 is 0 Å². The van der Waals surface area contributed by atoms with Crippen LogP contribution in [0.1, 0.15) is 51.4 Å². The molecule has 1 N–H and O–H groups in total. The number of hydrogen-bond donors (Lipinski definition) is 1. The highest BCUT2D eigenvalue weighted by Crippen LogP contribution is 2.20. The van der Waals surface area contributed by atoms with Gasteiger partial charge < -0.3 is 5.32 Å². The molecule has 21 heavy (non-hydrogen) atoms. The molecule has 2 rings (SSSR count). The van der Waals surface area contributed by atoms with E-state index < -0.39 is 9.84 Å².